The third-order valence-corrected chi connectivity index (χ3v) is 4.61. The molecule has 16 heavy (non-hydrogen) atoms. The van der Waals surface area contributed by atoms with Gasteiger partial charge in [-0.25, -0.2) is 5.01 Å². The molecule has 6 heteroatoms. The van der Waals surface area contributed by atoms with Gasteiger partial charge in [0.2, 0.25) is 0 Å². The molecule has 0 radical (unpaired) electrons. The van der Waals surface area contributed by atoms with Gasteiger partial charge in [0.25, 0.3) is 0 Å². The van der Waals surface area contributed by atoms with Crippen LogP contribution in [-0.4, -0.2) is 10.2 Å². The maximum atomic E-state index is 5.87. The third-order valence-electron chi connectivity index (χ3n) is 2.32. The molecular weight excluding hydrogens is 262 g/mol. The molecule has 3 nitrogen and oxygen atoms in total. The topological polar surface area (TPSA) is 41.6 Å². The van der Waals surface area contributed by atoms with Crippen molar-refractivity contribution >= 4 is 40.3 Å². The Morgan fingerprint density at radius 2 is 2.06 bits per heavy atom. The fourth-order valence-corrected chi connectivity index (χ4v) is 3.68. The fraction of sp³-hybridized carbons (Fsp3) is 0.100. The number of nitrogens with two attached hydrogens (primary N) is 1. The smallest absolute Gasteiger partial charge is 0.184 e. The second kappa shape index (κ2) is 3.91. The van der Waals surface area contributed by atoms with E-state index < -0.39 is 0 Å². The number of halogens is 1. The Bertz CT molecular complexity index is 483. The third kappa shape index (κ3) is 1.69. The van der Waals surface area contributed by atoms with Crippen LogP contribution < -0.4 is 5.73 Å². The van der Waals surface area contributed by atoms with Crippen LogP contribution in [-0.2, 0) is 0 Å². The molecule has 3 rings (SSSR count). The van der Waals surface area contributed by atoms with Crippen molar-refractivity contribution in [3.8, 4) is 0 Å². The average Bonchev–Trinajstić information content (AvgIpc) is 2.78. The molecule has 0 amide bonds. The lowest BCUT2D eigenvalue weighted by molar-refractivity contribution is 0.387. The van der Waals surface area contributed by atoms with Gasteiger partial charge < -0.3 is 5.73 Å². The minimum absolute atomic E-state index is 0.181. The molecule has 1 aromatic carbocycles. The van der Waals surface area contributed by atoms with Crippen LogP contribution in [0.25, 0.3) is 0 Å². The Morgan fingerprint density at radius 3 is 2.81 bits per heavy atom. The second-order valence-electron chi connectivity index (χ2n) is 3.38. The molecule has 1 aromatic rings. The van der Waals surface area contributed by atoms with Gasteiger partial charge in [-0.2, -0.15) is 0 Å². The Hall–Kier alpha value is -0.780. The number of fused-ring (bicyclic) bond motifs is 1. The van der Waals surface area contributed by atoms with E-state index in [1.165, 1.54) is 17.3 Å². The van der Waals surface area contributed by atoms with Crippen molar-refractivity contribution in [3.05, 3.63) is 45.3 Å². The van der Waals surface area contributed by atoms with Crippen molar-refractivity contribution in [2.45, 2.75) is 5.37 Å². The highest BCUT2D eigenvalue weighted by atomic mass is 35.5. The molecule has 1 unspecified atom stereocenters. The predicted molar refractivity (Wildman–Crippen MR) is 70.9 cm³/mol. The van der Waals surface area contributed by atoms with Crippen LogP contribution in [0.15, 0.2) is 39.8 Å². The molecule has 0 saturated carbocycles. The van der Waals surface area contributed by atoms with Crippen LogP contribution >= 0.6 is 35.1 Å². The zero-order chi connectivity index (χ0) is 11.1. The highest BCUT2D eigenvalue weighted by Crippen LogP contribution is 2.49. The summed E-state index contributed by atoms with van der Waals surface area (Å²) in [5, 5.41) is 11.0. The van der Waals surface area contributed by atoms with Crippen molar-refractivity contribution in [1.29, 1.82) is 0 Å². The van der Waals surface area contributed by atoms with Crippen LogP contribution in [0.4, 0.5) is 0 Å². The van der Waals surface area contributed by atoms with Gasteiger partial charge in [0.15, 0.2) is 5.17 Å². The van der Waals surface area contributed by atoms with Gasteiger partial charge in [-0.15, -0.1) is 5.10 Å². The molecule has 2 aliphatic rings. The van der Waals surface area contributed by atoms with Crippen LogP contribution in [0.3, 0.4) is 0 Å². The molecule has 82 valence electrons. The first-order valence-electron chi connectivity index (χ1n) is 4.66. The number of amidine groups is 1. The van der Waals surface area contributed by atoms with Crippen molar-refractivity contribution in [1.82, 2.24) is 5.01 Å². The Kier molecular flexibility index (Phi) is 2.53. The number of nitrogens with zero attached hydrogens (tertiary/aromatic N) is 2. The highest BCUT2D eigenvalue weighted by molar-refractivity contribution is 8.18. The second-order valence-corrected chi connectivity index (χ2v) is 5.81. The summed E-state index contributed by atoms with van der Waals surface area (Å²) in [5.74, 6) is 0. The quantitative estimate of drug-likeness (QED) is 0.850. The molecule has 1 atom stereocenters. The Balaban J connectivity index is 1.90. The van der Waals surface area contributed by atoms with Crippen molar-refractivity contribution in [3.63, 3.8) is 0 Å². The van der Waals surface area contributed by atoms with Crippen molar-refractivity contribution in [2.75, 3.05) is 0 Å². The van der Waals surface area contributed by atoms with Gasteiger partial charge in [-0.3, -0.25) is 0 Å². The summed E-state index contributed by atoms with van der Waals surface area (Å²) in [6.07, 6.45) is 0. The van der Waals surface area contributed by atoms with Gasteiger partial charge >= 0.3 is 0 Å². The van der Waals surface area contributed by atoms with E-state index in [2.05, 4.69) is 10.5 Å². The predicted octanol–water partition coefficient (Wildman–Crippen LogP) is 3.16. The minimum Gasteiger partial charge on any atom is -0.377 e. The van der Waals surface area contributed by atoms with E-state index in [1.54, 1.807) is 11.8 Å². The molecule has 0 fully saturated rings. The van der Waals surface area contributed by atoms with E-state index in [0.717, 1.165) is 10.1 Å². The Morgan fingerprint density at radius 1 is 1.31 bits per heavy atom. The molecule has 0 saturated heterocycles. The zero-order valence-electron chi connectivity index (χ0n) is 8.13. The zero-order valence-corrected chi connectivity index (χ0v) is 10.5. The van der Waals surface area contributed by atoms with E-state index >= 15 is 0 Å². The normalized spacial score (nSPS) is 23.1. The van der Waals surface area contributed by atoms with Crippen LogP contribution in [0, 0.1) is 0 Å². The number of benzene rings is 1. The summed E-state index contributed by atoms with van der Waals surface area (Å²) in [6.45, 7) is 0. The van der Waals surface area contributed by atoms with E-state index in [0.29, 0.717) is 5.17 Å². The number of hydrogen-bond donors (Lipinski definition) is 1. The Labute approximate surface area is 107 Å². The standard InChI is InChI=1S/C10H8ClN3S2/c11-7-3-1-6(2-4-7)9-14-8(5-15-9)16-10(12)13-14/h1-5,9H,(H2,12,13). The minimum atomic E-state index is 0.181. The molecule has 2 N–H and O–H groups in total. The summed E-state index contributed by atoms with van der Waals surface area (Å²) >= 11 is 9.11. The van der Waals surface area contributed by atoms with Gasteiger partial charge in [0, 0.05) is 10.4 Å². The fourth-order valence-electron chi connectivity index (χ4n) is 1.60. The van der Waals surface area contributed by atoms with Crippen LogP contribution in [0.5, 0.6) is 0 Å². The number of hydrazone groups is 1. The van der Waals surface area contributed by atoms with Gasteiger partial charge in [-0.05, 0) is 29.5 Å². The lowest BCUT2D eigenvalue weighted by Gasteiger charge is -2.19. The van der Waals surface area contributed by atoms with Gasteiger partial charge in [-0.1, -0.05) is 35.5 Å². The number of thioether (sulfide) groups is 2. The lowest BCUT2D eigenvalue weighted by atomic mass is 10.2. The summed E-state index contributed by atoms with van der Waals surface area (Å²) in [5.41, 5.74) is 6.87. The summed E-state index contributed by atoms with van der Waals surface area (Å²) in [7, 11) is 0. The van der Waals surface area contributed by atoms with E-state index in [-0.39, 0.29) is 5.37 Å². The first kappa shape index (κ1) is 10.4. The molecule has 0 bridgehead atoms. The van der Waals surface area contributed by atoms with Crippen LogP contribution in [0.2, 0.25) is 5.02 Å². The highest BCUT2D eigenvalue weighted by Gasteiger charge is 2.33. The maximum Gasteiger partial charge on any atom is 0.184 e. The van der Waals surface area contributed by atoms with Crippen molar-refractivity contribution < 1.29 is 0 Å². The molecule has 0 aromatic heterocycles. The molecule has 0 spiro atoms. The number of rotatable bonds is 1. The van der Waals surface area contributed by atoms with E-state index in [4.69, 9.17) is 17.3 Å². The monoisotopic (exact) mass is 269 g/mol. The molecule has 0 aliphatic carbocycles. The SMILES string of the molecule is NC1=NN2C(=CSC2c2ccc(Cl)cc2)S1. The number of hydrogen-bond acceptors (Lipinski definition) is 5. The molecule has 2 aliphatic heterocycles. The summed E-state index contributed by atoms with van der Waals surface area (Å²) in [4.78, 5) is 0. The van der Waals surface area contributed by atoms with Gasteiger partial charge in [0.05, 0.1) is 0 Å². The average molecular weight is 270 g/mol. The summed E-state index contributed by atoms with van der Waals surface area (Å²) < 4.78 is 0. The maximum absolute atomic E-state index is 5.87. The first-order chi connectivity index (χ1) is 7.74. The van der Waals surface area contributed by atoms with Crippen LogP contribution in [0.1, 0.15) is 10.9 Å². The van der Waals surface area contributed by atoms with E-state index in [9.17, 15) is 0 Å². The first-order valence-corrected chi connectivity index (χ1v) is 6.80. The van der Waals surface area contributed by atoms with E-state index in [1.807, 2.05) is 29.3 Å². The lowest BCUT2D eigenvalue weighted by Crippen LogP contribution is -2.12. The van der Waals surface area contributed by atoms with Crippen molar-refractivity contribution in [2.24, 2.45) is 10.8 Å². The summed E-state index contributed by atoms with van der Waals surface area (Å²) in [6, 6.07) is 7.83. The molecule has 2 heterocycles. The molecular formula is C10H8ClN3S2. The largest absolute Gasteiger partial charge is 0.377 e. The van der Waals surface area contributed by atoms with Gasteiger partial charge in [0.1, 0.15) is 10.4 Å².